The number of anilines is 2. The minimum atomic E-state index is -0.428. The number of amides is 2. The summed E-state index contributed by atoms with van der Waals surface area (Å²) < 4.78 is 6.74. The first-order valence-corrected chi connectivity index (χ1v) is 11.1. The SMILES string of the molecule is CCOC(=O)c1cccc(NC(=O)N2CCN(c3nc4ccccc4n(CC)c3=O)CC2)c1. The van der Waals surface area contributed by atoms with Crippen LogP contribution in [0.2, 0.25) is 0 Å². The number of piperazine rings is 1. The van der Waals surface area contributed by atoms with E-state index < -0.39 is 5.97 Å². The van der Waals surface area contributed by atoms with Gasteiger partial charge in [-0.05, 0) is 44.2 Å². The maximum atomic E-state index is 13.0. The van der Waals surface area contributed by atoms with E-state index in [0.29, 0.717) is 49.8 Å². The van der Waals surface area contributed by atoms with Crippen molar-refractivity contribution in [3.05, 3.63) is 64.4 Å². The smallest absolute Gasteiger partial charge is 0.338 e. The van der Waals surface area contributed by atoms with Gasteiger partial charge in [0.05, 0.1) is 23.2 Å². The second kappa shape index (κ2) is 9.72. The summed E-state index contributed by atoms with van der Waals surface area (Å²) in [5.74, 6) is -0.0134. The molecule has 0 aliphatic carbocycles. The molecule has 1 aliphatic rings. The Morgan fingerprint density at radius 3 is 2.52 bits per heavy atom. The number of hydrogen-bond acceptors (Lipinski definition) is 6. The number of aromatic nitrogens is 2. The average Bonchev–Trinajstić information content (AvgIpc) is 2.84. The Hall–Kier alpha value is -3.88. The molecule has 1 fully saturated rings. The van der Waals surface area contributed by atoms with Crippen LogP contribution in [0.3, 0.4) is 0 Å². The van der Waals surface area contributed by atoms with Crippen molar-refractivity contribution < 1.29 is 14.3 Å². The van der Waals surface area contributed by atoms with Gasteiger partial charge in [0.2, 0.25) is 0 Å². The lowest BCUT2D eigenvalue weighted by Gasteiger charge is -2.35. The lowest BCUT2D eigenvalue weighted by molar-refractivity contribution is 0.0526. The Morgan fingerprint density at radius 1 is 1.03 bits per heavy atom. The highest BCUT2D eigenvalue weighted by atomic mass is 16.5. The van der Waals surface area contributed by atoms with Crippen LogP contribution >= 0.6 is 0 Å². The first kappa shape index (κ1) is 22.3. The van der Waals surface area contributed by atoms with Gasteiger partial charge in [0.1, 0.15) is 0 Å². The number of nitrogens with zero attached hydrogens (tertiary/aromatic N) is 4. The van der Waals surface area contributed by atoms with Gasteiger partial charge < -0.3 is 24.4 Å². The van der Waals surface area contributed by atoms with E-state index in [9.17, 15) is 14.4 Å². The van der Waals surface area contributed by atoms with Crippen molar-refractivity contribution >= 4 is 34.5 Å². The molecule has 0 bridgehead atoms. The van der Waals surface area contributed by atoms with Gasteiger partial charge in [-0.1, -0.05) is 18.2 Å². The maximum absolute atomic E-state index is 13.0. The second-order valence-corrected chi connectivity index (χ2v) is 7.68. The van der Waals surface area contributed by atoms with E-state index in [1.807, 2.05) is 36.1 Å². The number of carbonyl (C=O) groups is 2. The molecule has 1 saturated heterocycles. The Morgan fingerprint density at radius 2 is 1.79 bits per heavy atom. The highest BCUT2D eigenvalue weighted by Crippen LogP contribution is 2.17. The van der Waals surface area contributed by atoms with E-state index in [2.05, 4.69) is 10.3 Å². The minimum Gasteiger partial charge on any atom is -0.462 e. The number of hydrogen-bond donors (Lipinski definition) is 1. The summed E-state index contributed by atoms with van der Waals surface area (Å²) >= 11 is 0. The molecule has 0 radical (unpaired) electrons. The van der Waals surface area contributed by atoms with Gasteiger partial charge in [-0.25, -0.2) is 14.6 Å². The fourth-order valence-corrected chi connectivity index (χ4v) is 3.96. The standard InChI is InChI=1S/C24H27N5O4/c1-3-29-20-11-6-5-10-19(20)26-21(22(29)30)27-12-14-28(15-13-27)24(32)25-18-9-7-8-17(16-18)23(31)33-4-2/h5-11,16H,3-4,12-15H2,1-2H3,(H,25,32). The van der Waals surface area contributed by atoms with Gasteiger partial charge >= 0.3 is 12.0 Å². The molecule has 172 valence electrons. The van der Waals surface area contributed by atoms with Crippen molar-refractivity contribution in [1.29, 1.82) is 0 Å². The van der Waals surface area contributed by atoms with Crippen LogP contribution in [0, 0.1) is 0 Å². The fraction of sp³-hybridized carbons (Fsp3) is 0.333. The van der Waals surface area contributed by atoms with Crippen molar-refractivity contribution in [3.8, 4) is 0 Å². The highest BCUT2D eigenvalue weighted by molar-refractivity contribution is 5.94. The van der Waals surface area contributed by atoms with E-state index in [4.69, 9.17) is 4.74 Å². The van der Waals surface area contributed by atoms with E-state index in [-0.39, 0.29) is 18.2 Å². The molecular formula is C24H27N5O4. The van der Waals surface area contributed by atoms with Crippen LogP contribution in [-0.4, -0.2) is 59.2 Å². The predicted octanol–water partition coefficient (Wildman–Crippen LogP) is 2.95. The van der Waals surface area contributed by atoms with Gasteiger partial charge in [-0.3, -0.25) is 4.79 Å². The fourth-order valence-electron chi connectivity index (χ4n) is 3.96. The maximum Gasteiger partial charge on any atom is 0.338 e. The Bertz CT molecular complexity index is 1230. The molecule has 0 atom stereocenters. The topological polar surface area (TPSA) is 96.8 Å². The first-order valence-electron chi connectivity index (χ1n) is 11.1. The normalized spacial score (nSPS) is 13.8. The van der Waals surface area contributed by atoms with Crippen LogP contribution < -0.4 is 15.8 Å². The van der Waals surface area contributed by atoms with Gasteiger partial charge in [0.15, 0.2) is 5.82 Å². The molecule has 1 N–H and O–H groups in total. The third-order valence-electron chi connectivity index (χ3n) is 5.64. The van der Waals surface area contributed by atoms with E-state index in [1.54, 1.807) is 40.7 Å². The molecule has 2 heterocycles. The summed E-state index contributed by atoms with van der Waals surface area (Å²) in [7, 11) is 0. The van der Waals surface area contributed by atoms with Crippen molar-refractivity contribution in [2.45, 2.75) is 20.4 Å². The molecule has 9 nitrogen and oxygen atoms in total. The lowest BCUT2D eigenvalue weighted by Crippen LogP contribution is -2.51. The molecule has 1 aromatic heterocycles. The molecule has 0 saturated carbocycles. The Balaban J connectivity index is 1.44. The molecule has 9 heteroatoms. The van der Waals surface area contributed by atoms with E-state index in [0.717, 1.165) is 11.0 Å². The third kappa shape index (κ3) is 4.67. The lowest BCUT2D eigenvalue weighted by atomic mass is 10.2. The number of para-hydroxylation sites is 2. The molecule has 2 amide bonds. The second-order valence-electron chi connectivity index (χ2n) is 7.68. The highest BCUT2D eigenvalue weighted by Gasteiger charge is 2.25. The number of nitrogens with one attached hydrogen (secondary N) is 1. The summed E-state index contributed by atoms with van der Waals surface area (Å²) in [6.07, 6.45) is 0. The van der Waals surface area contributed by atoms with Crippen molar-refractivity contribution in [2.75, 3.05) is 43.0 Å². The number of benzene rings is 2. The molecule has 0 unspecified atom stereocenters. The monoisotopic (exact) mass is 449 g/mol. The molecule has 2 aromatic carbocycles. The first-order chi connectivity index (χ1) is 16.0. The van der Waals surface area contributed by atoms with E-state index >= 15 is 0 Å². The summed E-state index contributed by atoms with van der Waals surface area (Å²) in [5, 5.41) is 2.84. The van der Waals surface area contributed by atoms with Crippen LogP contribution in [-0.2, 0) is 11.3 Å². The molecular weight excluding hydrogens is 422 g/mol. The Kier molecular flexibility index (Phi) is 6.58. The summed E-state index contributed by atoms with van der Waals surface area (Å²) in [6.45, 7) is 6.43. The van der Waals surface area contributed by atoms with Crippen molar-refractivity contribution in [1.82, 2.24) is 14.5 Å². The van der Waals surface area contributed by atoms with Gasteiger partial charge in [-0.2, -0.15) is 0 Å². The quantitative estimate of drug-likeness (QED) is 0.602. The minimum absolute atomic E-state index is 0.120. The largest absolute Gasteiger partial charge is 0.462 e. The zero-order chi connectivity index (χ0) is 23.4. The predicted molar refractivity (Wildman–Crippen MR) is 127 cm³/mol. The van der Waals surface area contributed by atoms with Gasteiger partial charge in [-0.15, -0.1) is 0 Å². The van der Waals surface area contributed by atoms with Crippen molar-refractivity contribution in [3.63, 3.8) is 0 Å². The molecule has 0 spiro atoms. The molecule has 4 rings (SSSR count). The zero-order valence-corrected chi connectivity index (χ0v) is 18.8. The molecule has 1 aliphatic heterocycles. The number of urea groups is 1. The zero-order valence-electron chi connectivity index (χ0n) is 18.8. The third-order valence-corrected chi connectivity index (χ3v) is 5.64. The van der Waals surface area contributed by atoms with Crippen LogP contribution in [0.25, 0.3) is 11.0 Å². The molecule has 33 heavy (non-hydrogen) atoms. The van der Waals surface area contributed by atoms with E-state index in [1.165, 1.54) is 0 Å². The van der Waals surface area contributed by atoms with Gasteiger partial charge in [0, 0.05) is 38.4 Å². The van der Waals surface area contributed by atoms with Crippen LogP contribution in [0.4, 0.5) is 16.3 Å². The van der Waals surface area contributed by atoms with Crippen LogP contribution in [0.5, 0.6) is 0 Å². The Labute approximate surface area is 191 Å². The summed E-state index contributed by atoms with van der Waals surface area (Å²) in [6, 6.07) is 14.0. The molecule has 3 aromatic rings. The number of fused-ring (bicyclic) bond motifs is 1. The number of ether oxygens (including phenoxy) is 1. The number of carbonyl (C=O) groups excluding carboxylic acids is 2. The van der Waals surface area contributed by atoms with Crippen molar-refractivity contribution in [2.24, 2.45) is 0 Å². The van der Waals surface area contributed by atoms with Gasteiger partial charge in [0.25, 0.3) is 5.56 Å². The summed E-state index contributed by atoms with van der Waals surface area (Å²) in [4.78, 5) is 46.0. The summed E-state index contributed by atoms with van der Waals surface area (Å²) in [5.41, 5.74) is 2.38. The number of rotatable bonds is 5. The number of aryl methyl sites for hydroxylation is 1. The van der Waals surface area contributed by atoms with Crippen LogP contribution in [0.15, 0.2) is 53.3 Å². The average molecular weight is 450 g/mol. The van der Waals surface area contributed by atoms with Crippen LogP contribution in [0.1, 0.15) is 24.2 Å². The number of esters is 1.